The molecule has 4 heterocycles. The van der Waals surface area contributed by atoms with Gasteiger partial charge in [-0.05, 0) is 18.2 Å². The first-order valence-electron chi connectivity index (χ1n) is 6.27. The van der Waals surface area contributed by atoms with E-state index in [1.165, 1.54) is 15.4 Å². The van der Waals surface area contributed by atoms with Crippen molar-refractivity contribution in [1.29, 1.82) is 0 Å². The predicted octanol–water partition coefficient (Wildman–Crippen LogP) is 2.10. The zero-order valence-corrected chi connectivity index (χ0v) is 11.0. The van der Waals surface area contributed by atoms with Crippen LogP contribution in [0.2, 0.25) is 0 Å². The average molecular weight is 271 g/mol. The van der Waals surface area contributed by atoms with E-state index < -0.39 is 0 Å². The minimum absolute atomic E-state index is 0.205. The zero-order chi connectivity index (χ0) is 12.7. The Balaban J connectivity index is 1.71. The Kier molecular flexibility index (Phi) is 2.49. The lowest BCUT2D eigenvalue weighted by Gasteiger charge is -2.21. The van der Waals surface area contributed by atoms with Gasteiger partial charge in [0.1, 0.15) is 0 Å². The van der Waals surface area contributed by atoms with Gasteiger partial charge in [0.2, 0.25) is 0 Å². The molecule has 0 bridgehead atoms. The van der Waals surface area contributed by atoms with Crippen LogP contribution in [0.15, 0.2) is 30.7 Å². The molecule has 1 aliphatic heterocycles. The van der Waals surface area contributed by atoms with Crippen molar-refractivity contribution >= 4 is 11.3 Å². The monoisotopic (exact) mass is 271 g/mol. The third-order valence-corrected chi connectivity index (χ3v) is 4.61. The highest BCUT2D eigenvalue weighted by atomic mass is 32.1. The summed E-state index contributed by atoms with van der Waals surface area (Å²) in [4.78, 5) is 10.2. The molecule has 0 fully saturated rings. The summed E-state index contributed by atoms with van der Waals surface area (Å²) in [6, 6.07) is 6.50. The number of aromatic amines is 2. The summed E-state index contributed by atoms with van der Waals surface area (Å²) in [5.41, 5.74) is 3.44. The summed E-state index contributed by atoms with van der Waals surface area (Å²) in [5.74, 6) is 0. The number of H-pyrrole nitrogens is 2. The number of hydrogen-bond donors (Lipinski definition) is 3. The van der Waals surface area contributed by atoms with E-state index in [-0.39, 0.29) is 6.04 Å². The standard InChI is InChI=1S/C13H13N5S/c1-2-11(19-10(1)8-4-6-17-18-8)13-12-9(3-5-14-13)15-7-16-12/h1-2,4,6-7,13-14H,3,5H2,(H,15,16)(H,17,18)/t13-/m1/s1. The van der Waals surface area contributed by atoms with Gasteiger partial charge in [-0.25, -0.2) is 4.98 Å². The van der Waals surface area contributed by atoms with Gasteiger partial charge < -0.3 is 10.3 Å². The normalized spacial score (nSPS) is 18.4. The van der Waals surface area contributed by atoms with E-state index >= 15 is 0 Å². The molecule has 4 rings (SSSR count). The Labute approximate surface area is 114 Å². The maximum Gasteiger partial charge on any atom is 0.0926 e. The number of rotatable bonds is 2. The quantitative estimate of drug-likeness (QED) is 0.668. The molecule has 6 heteroatoms. The van der Waals surface area contributed by atoms with E-state index in [0.717, 1.165) is 24.4 Å². The number of nitrogens with one attached hydrogen (secondary N) is 3. The lowest BCUT2D eigenvalue weighted by atomic mass is 10.0. The van der Waals surface area contributed by atoms with Gasteiger partial charge in [0.05, 0.1) is 28.6 Å². The van der Waals surface area contributed by atoms with Crippen LogP contribution in [0, 0.1) is 0 Å². The van der Waals surface area contributed by atoms with Crippen molar-refractivity contribution in [3.63, 3.8) is 0 Å². The summed E-state index contributed by atoms with van der Waals surface area (Å²) in [6.07, 6.45) is 4.58. The van der Waals surface area contributed by atoms with E-state index in [9.17, 15) is 0 Å². The molecule has 5 nitrogen and oxygen atoms in total. The third-order valence-electron chi connectivity index (χ3n) is 3.43. The van der Waals surface area contributed by atoms with E-state index in [4.69, 9.17) is 0 Å². The molecule has 0 amide bonds. The molecule has 3 aromatic heterocycles. The second-order valence-electron chi connectivity index (χ2n) is 4.58. The van der Waals surface area contributed by atoms with E-state index in [2.05, 4.69) is 37.6 Å². The van der Waals surface area contributed by atoms with Crippen LogP contribution in [0.1, 0.15) is 22.3 Å². The van der Waals surface area contributed by atoms with Crippen molar-refractivity contribution in [3.05, 3.63) is 47.0 Å². The van der Waals surface area contributed by atoms with Gasteiger partial charge in [0.25, 0.3) is 0 Å². The first kappa shape index (κ1) is 11.0. The molecule has 0 aromatic carbocycles. The molecule has 96 valence electrons. The van der Waals surface area contributed by atoms with E-state index in [0.29, 0.717) is 0 Å². The highest BCUT2D eigenvalue weighted by Crippen LogP contribution is 2.34. The van der Waals surface area contributed by atoms with Crippen molar-refractivity contribution in [2.75, 3.05) is 6.54 Å². The minimum Gasteiger partial charge on any atom is -0.348 e. The summed E-state index contributed by atoms with van der Waals surface area (Å²) < 4.78 is 0. The van der Waals surface area contributed by atoms with Crippen molar-refractivity contribution in [2.45, 2.75) is 12.5 Å². The van der Waals surface area contributed by atoms with Crippen molar-refractivity contribution in [1.82, 2.24) is 25.5 Å². The Morgan fingerprint density at radius 3 is 3.16 bits per heavy atom. The second kappa shape index (κ2) is 4.32. The third kappa shape index (κ3) is 1.80. The Bertz CT molecular complexity index is 682. The fourth-order valence-corrected chi connectivity index (χ4v) is 3.56. The highest BCUT2D eigenvalue weighted by Gasteiger charge is 2.25. The molecule has 0 unspecified atom stereocenters. The molecular weight excluding hydrogens is 258 g/mol. The fraction of sp³-hybridized carbons (Fsp3) is 0.231. The minimum atomic E-state index is 0.205. The smallest absolute Gasteiger partial charge is 0.0926 e. The van der Waals surface area contributed by atoms with Crippen LogP contribution in [-0.4, -0.2) is 26.7 Å². The first-order valence-corrected chi connectivity index (χ1v) is 7.08. The predicted molar refractivity (Wildman–Crippen MR) is 74.0 cm³/mol. The van der Waals surface area contributed by atoms with Crippen molar-refractivity contribution < 1.29 is 0 Å². The maximum absolute atomic E-state index is 4.46. The van der Waals surface area contributed by atoms with E-state index in [1.807, 2.05) is 6.07 Å². The molecule has 1 atom stereocenters. The van der Waals surface area contributed by atoms with Crippen LogP contribution < -0.4 is 5.32 Å². The molecule has 0 radical (unpaired) electrons. The lowest BCUT2D eigenvalue weighted by molar-refractivity contribution is 0.560. The number of aromatic nitrogens is 4. The molecule has 0 aliphatic carbocycles. The molecule has 19 heavy (non-hydrogen) atoms. The van der Waals surface area contributed by atoms with Gasteiger partial charge in [-0.3, -0.25) is 5.10 Å². The Morgan fingerprint density at radius 2 is 2.26 bits per heavy atom. The largest absolute Gasteiger partial charge is 0.348 e. The summed E-state index contributed by atoms with van der Waals surface area (Å²) >= 11 is 1.78. The number of imidazole rings is 1. The Morgan fingerprint density at radius 1 is 1.26 bits per heavy atom. The van der Waals surface area contributed by atoms with Crippen LogP contribution in [0.3, 0.4) is 0 Å². The molecular formula is C13H13N5S. The summed E-state index contributed by atoms with van der Waals surface area (Å²) in [6.45, 7) is 0.983. The molecule has 0 saturated carbocycles. The van der Waals surface area contributed by atoms with Crippen molar-refractivity contribution in [3.8, 4) is 10.6 Å². The summed E-state index contributed by atoms with van der Waals surface area (Å²) in [5, 5.41) is 10.5. The van der Waals surface area contributed by atoms with Gasteiger partial charge in [-0.15, -0.1) is 11.3 Å². The maximum atomic E-state index is 4.46. The van der Waals surface area contributed by atoms with Crippen LogP contribution in [-0.2, 0) is 6.42 Å². The van der Waals surface area contributed by atoms with Gasteiger partial charge in [-0.2, -0.15) is 5.10 Å². The number of hydrogen-bond acceptors (Lipinski definition) is 4. The molecule has 3 N–H and O–H groups in total. The number of thiophene rings is 1. The van der Waals surface area contributed by atoms with E-state index in [1.54, 1.807) is 23.9 Å². The first-order chi connectivity index (χ1) is 9.42. The fourth-order valence-electron chi connectivity index (χ4n) is 2.50. The molecule has 0 spiro atoms. The van der Waals surface area contributed by atoms with Crippen LogP contribution in [0.4, 0.5) is 0 Å². The number of nitrogens with zero attached hydrogens (tertiary/aromatic N) is 2. The molecule has 1 aliphatic rings. The van der Waals surface area contributed by atoms with Crippen LogP contribution >= 0.6 is 11.3 Å². The Hall–Kier alpha value is -1.92. The molecule has 3 aromatic rings. The van der Waals surface area contributed by atoms with Crippen LogP contribution in [0.25, 0.3) is 10.6 Å². The molecule has 0 saturated heterocycles. The van der Waals surface area contributed by atoms with Crippen LogP contribution in [0.5, 0.6) is 0 Å². The number of fused-ring (bicyclic) bond motifs is 1. The summed E-state index contributed by atoms with van der Waals surface area (Å²) in [7, 11) is 0. The topological polar surface area (TPSA) is 69.4 Å². The lowest BCUT2D eigenvalue weighted by Crippen LogP contribution is -2.30. The SMILES string of the molecule is c1cc(-c2ccc([C@H]3NCCc4[nH]cnc43)s2)[nH]n1. The van der Waals surface area contributed by atoms with Gasteiger partial charge in [0.15, 0.2) is 0 Å². The van der Waals surface area contributed by atoms with Gasteiger partial charge in [-0.1, -0.05) is 0 Å². The second-order valence-corrected chi connectivity index (χ2v) is 5.69. The van der Waals surface area contributed by atoms with Gasteiger partial charge >= 0.3 is 0 Å². The highest BCUT2D eigenvalue weighted by molar-refractivity contribution is 7.15. The van der Waals surface area contributed by atoms with Gasteiger partial charge in [0, 0.05) is 29.7 Å². The average Bonchev–Trinajstić information content (AvgIpc) is 3.18. The van der Waals surface area contributed by atoms with Crippen molar-refractivity contribution in [2.24, 2.45) is 0 Å². The zero-order valence-electron chi connectivity index (χ0n) is 10.2.